The van der Waals surface area contributed by atoms with Crippen molar-refractivity contribution < 1.29 is 9.90 Å². The third-order valence-electron chi connectivity index (χ3n) is 4.72. The molecular formula is C22H26N2O2. The fourth-order valence-electron chi connectivity index (χ4n) is 3.32. The van der Waals surface area contributed by atoms with Crippen molar-refractivity contribution in [1.82, 2.24) is 0 Å². The molecule has 4 nitrogen and oxygen atoms in total. The Kier molecular flexibility index (Phi) is 5.40. The Labute approximate surface area is 155 Å². The smallest absolute Gasteiger partial charge is 0.252 e. The number of unbranched alkanes of at least 4 members (excludes halogenated alkanes) is 1. The summed E-state index contributed by atoms with van der Waals surface area (Å²) in [4.78, 5) is 20.0. The van der Waals surface area contributed by atoms with E-state index in [1.807, 2.05) is 55.1 Å². The van der Waals surface area contributed by atoms with E-state index >= 15 is 0 Å². The Hall–Kier alpha value is -2.62. The van der Waals surface area contributed by atoms with Gasteiger partial charge in [0.05, 0.1) is 11.4 Å². The number of rotatable bonds is 5. The first-order valence-electron chi connectivity index (χ1n) is 9.31. The number of carbonyl (C=O) groups is 1. The molecule has 136 valence electrons. The van der Waals surface area contributed by atoms with E-state index < -0.39 is 6.04 Å². The number of benzene rings is 2. The molecule has 2 aromatic carbocycles. The average Bonchev–Trinajstić information content (AvgIpc) is 2.74. The van der Waals surface area contributed by atoms with Crippen molar-refractivity contribution in [1.29, 1.82) is 0 Å². The van der Waals surface area contributed by atoms with Crippen LogP contribution in [0, 0.1) is 5.92 Å². The van der Waals surface area contributed by atoms with Crippen LogP contribution in [0.15, 0.2) is 53.5 Å². The Morgan fingerprint density at radius 2 is 1.92 bits per heavy atom. The van der Waals surface area contributed by atoms with Crippen LogP contribution in [0.25, 0.3) is 0 Å². The van der Waals surface area contributed by atoms with Gasteiger partial charge in [-0.05, 0) is 30.5 Å². The molecule has 0 aromatic heterocycles. The second kappa shape index (κ2) is 7.73. The number of hydrogen-bond acceptors (Lipinski definition) is 3. The molecule has 26 heavy (non-hydrogen) atoms. The van der Waals surface area contributed by atoms with E-state index in [-0.39, 0.29) is 17.6 Å². The Balaban J connectivity index is 2.20. The fourth-order valence-corrected chi connectivity index (χ4v) is 3.32. The number of aromatic hydroxyl groups is 1. The number of anilines is 1. The molecule has 0 radical (unpaired) electrons. The van der Waals surface area contributed by atoms with E-state index in [0.29, 0.717) is 6.54 Å². The predicted molar refractivity (Wildman–Crippen MR) is 106 cm³/mol. The average molecular weight is 350 g/mol. The summed E-state index contributed by atoms with van der Waals surface area (Å²) >= 11 is 0. The summed E-state index contributed by atoms with van der Waals surface area (Å²) < 4.78 is 0. The molecule has 4 heteroatoms. The summed E-state index contributed by atoms with van der Waals surface area (Å²) in [5.74, 6) is 0.339. The van der Waals surface area contributed by atoms with Crippen LogP contribution in [0.4, 0.5) is 5.69 Å². The molecule has 0 spiro atoms. The molecule has 2 aromatic rings. The van der Waals surface area contributed by atoms with E-state index in [9.17, 15) is 9.90 Å². The zero-order chi connectivity index (χ0) is 18.7. The number of benzodiazepines with no additional fused rings is 1. The molecular weight excluding hydrogens is 324 g/mol. The highest BCUT2D eigenvalue weighted by atomic mass is 16.3. The summed E-state index contributed by atoms with van der Waals surface area (Å²) in [6.07, 6.45) is 1.98. The highest BCUT2D eigenvalue weighted by molar-refractivity contribution is 6.20. The number of carbonyl (C=O) groups excluding carboxylic acids is 1. The third kappa shape index (κ3) is 3.50. The van der Waals surface area contributed by atoms with Crippen LogP contribution in [0.1, 0.15) is 44.7 Å². The Morgan fingerprint density at radius 3 is 2.62 bits per heavy atom. The van der Waals surface area contributed by atoms with Crippen LogP contribution in [0.3, 0.4) is 0 Å². The number of hydrogen-bond donors (Lipinski definition) is 1. The minimum atomic E-state index is -0.434. The summed E-state index contributed by atoms with van der Waals surface area (Å²) in [6.45, 7) is 6.88. The van der Waals surface area contributed by atoms with Crippen molar-refractivity contribution in [2.75, 3.05) is 11.4 Å². The first-order chi connectivity index (χ1) is 12.5. The number of fused-ring (bicyclic) bond motifs is 1. The van der Waals surface area contributed by atoms with Crippen LogP contribution in [-0.2, 0) is 4.79 Å². The van der Waals surface area contributed by atoms with E-state index in [1.165, 1.54) is 0 Å². The maximum atomic E-state index is 13.3. The first kappa shape index (κ1) is 18.2. The van der Waals surface area contributed by atoms with Crippen LogP contribution in [0.2, 0.25) is 0 Å². The standard InChI is InChI=1S/C22H26N2O2/c1-4-5-13-24-19-12-7-6-11-18(19)21(16-9-8-10-17(25)14-16)23-20(15(2)3)22(24)26/h6-12,14-15,20,25H,4-5,13H2,1-3H3. The molecule has 1 aliphatic rings. The van der Waals surface area contributed by atoms with Crippen molar-refractivity contribution in [3.05, 3.63) is 59.7 Å². The number of para-hydroxylation sites is 1. The highest BCUT2D eigenvalue weighted by Gasteiger charge is 2.33. The zero-order valence-electron chi connectivity index (χ0n) is 15.6. The van der Waals surface area contributed by atoms with Crippen molar-refractivity contribution in [2.24, 2.45) is 10.9 Å². The van der Waals surface area contributed by atoms with Gasteiger partial charge in [0.1, 0.15) is 11.8 Å². The summed E-state index contributed by atoms with van der Waals surface area (Å²) in [7, 11) is 0. The molecule has 0 aliphatic carbocycles. The van der Waals surface area contributed by atoms with Gasteiger partial charge in [-0.3, -0.25) is 9.79 Å². The fraction of sp³-hybridized carbons (Fsp3) is 0.364. The lowest BCUT2D eigenvalue weighted by atomic mass is 9.99. The molecule has 1 heterocycles. The molecule has 1 aliphatic heterocycles. The lowest BCUT2D eigenvalue weighted by Gasteiger charge is -2.26. The van der Waals surface area contributed by atoms with E-state index in [1.54, 1.807) is 12.1 Å². The largest absolute Gasteiger partial charge is 0.508 e. The van der Waals surface area contributed by atoms with Gasteiger partial charge in [0.15, 0.2) is 0 Å². The van der Waals surface area contributed by atoms with Crippen LogP contribution >= 0.6 is 0 Å². The van der Waals surface area contributed by atoms with Gasteiger partial charge in [0.2, 0.25) is 0 Å². The lowest BCUT2D eigenvalue weighted by Crippen LogP contribution is -2.40. The molecule has 1 atom stereocenters. The van der Waals surface area contributed by atoms with Gasteiger partial charge in [-0.1, -0.05) is 57.5 Å². The van der Waals surface area contributed by atoms with E-state index in [2.05, 4.69) is 6.92 Å². The molecule has 1 N–H and O–H groups in total. The maximum Gasteiger partial charge on any atom is 0.252 e. The summed E-state index contributed by atoms with van der Waals surface area (Å²) in [5.41, 5.74) is 3.43. The minimum absolute atomic E-state index is 0.0519. The van der Waals surface area contributed by atoms with Crippen LogP contribution < -0.4 is 4.90 Å². The second-order valence-electron chi connectivity index (χ2n) is 7.08. The maximum absolute atomic E-state index is 13.3. The van der Waals surface area contributed by atoms with Gasteiger partial charge in [-0.2, -0.15) is 0 Å². The normalized spacial score (nSPS) is 17.1. The number of nitrogens with zero attached hydrogens (tertiary/aromatic N) is 2. The molecule has 0 fully saturated rings. The van der Waals surface area contributed by atoms with Gasteiger partial charge in [-0.15, -0.1) is 0 Å². The van der Waals surface area contributed by atoms with Crippen LogP contribution in [-0.4, -0.2) is 29.3 Å². The van der Waals surface area contributed by atoms with Crippen LogP contribution in [0.5, 0.6) is 5.75 Å². The minimum Gasteiger partial charge on any atom is -0.508 e. The monoisotopic (exact) mass is 350 g/mol. The molecule has 0 bridgehead atoms. The summed E-state index contributed by atoms with van der Waals surface area (Å²) in [6, 6.07) is 14.6. The van der Waals surface area contributed by atoms with Gasteiger partial charge in [0.25, 0.3) is 5.91 Å². The van der Waals surface area contributed by atoms with Gasteiger partial charge >= 0.3 is 0 Å². The molecule has 1 unspecified atom stereocenters. The predicted octanol–water partition coefficient (Wildman–Crippen LogP) is 4.40. The third-order valence-corrected chi connectivity index (χ3v) is 4.72. The molecule has 0 saturated heterocycles. The lowest BCUT2D eigenvalue weighted by molar-refractivity contribution is -0.120. The van der Waals surface area contributed by atoms with Gasteiger partial charge < -0.3 is 10.0 Å². The number of amides is 1. The second-order valence-corrected chi connectivity index (χ2v) is 7.08. The van der Waals surface area contributed by atoms with E-state index in [0.717, 1.165) is 35.4 Å². The Morgan fingerprint density at radius 1 is 1.15 bits per heavy atom. The number of aliphatic imine (C=N–C) groups is 1. The van der Waals surface area contributed by atoms with Gasteiger partial charge in [-0.25, -0.2) is 0 Å². The molecule has 1 amide bonds. The zero-order valence-corrected chi connectivity index (χ0v) is 15.6. The topological polar surface area (TPSA) is 52.9 Å². The Bertz CT molecular complexity index is 826. The van der Waals surface area contributed by atoms with Crippen molar-refractivity contribution in [3.63, 3.8) is 0 Å². The number of phenols is 1. The molecule has 0 saturated carbocycles. The summed E-state index contributed by atoms with van der Waals surface area (Å²) in [5, 5.41) is 9.92. The highest BCUT2D eigenvalue weighted by Crippen LogP contribution is 2.31. The van der Waals surface area contributed by atoms with Crippen molar-refractivity contribution >= 4 is 17.3 Å². The molecule has 3 rings (SSSR count). The quantitative estimate of drug-likeness (QED) is 0.869. The van der Waals surface area contributed by atoms with E-state index in [4.69, 9.17) is 4.99 Å². The van der Waals surface area contributed by atoms with Gasteiger partial charge in [0, 0.05) is 17.7 Å². The van der Waals surface area contributed by atoms with Crippen molar-refractivity contribution in [2.45, 2.75) is 39.7 Å². The first-order valence-corrected chi connectivity index (χ1v) is 9.31. The number of phenolic OH excluding ortho intramolecular Hbond substituents is 1. The van der Waals surface area contributed by atoms with Crippen molar-refractivity contribution in [3.8, 4) is 5.75 Å². The SMILES string of the molecule is CCCCN1C(=O)C(C(C)C)N=C(c2cccc(O)c2)c2ccccc21.